The number of esters is 1. The number of carbonyl (C=O) groups is 1. The number of nitrogens with zero attached hydrogens (tertiary/aromatic N) is 2. The molecule has 2 aromatic rings. The van der Waals surface area contributed by atoms with Gasteiger partial charge in [-0.1, -0.05) is 83.7 Å². The summed E-state index contributed by atoms with van der Waals surface area (Å²) in [6.45, 7) is 10.5. The van der Waals surface area contributed by atoms with Crippen molar-refractivity contribution in [3.63, 3.8) is 0 Å². The van der Waals surface area contributed by atoms with Gasteiger partial charge in [-0.3, -0.25) is 5.10 Å². The largest absolute Gasteiger partial charge is 0.479 e. The molecule has 1 spiro atoms. The second-order valence-corrected chi connectivity index (χ2v) is 8.59. The van der Waals surface area contributed by atoms with E-state index >= 15 is 0 Å². The molecule has 9 heteroatoms. The average Bonchev–Trinajstić information content (AvgIpc) is 3.26. The Morgan fingerprint density at radius 2 is 1.54 bits per heavy atom. The van der Waals surface area contributed by atoms with E-state index in [9.17, 15) is 9.90 Å². The van der Waals surface area contributed by atoms with Crippen LogP contribution in [-0.4, -0.2) is 32.0 Å². The number of H-pyrrole nitrogens is 1. The van der Waals surface area contributed by atoms with E-state index < -0.39 is 17.7 Å². The summed E-state index contributed by atoms with van der Waals surface area (Å²) in [5.41, 5.74) is 11.4. The van der Waals surface area contributed by atoms with Gasteiger partial charge in [-0.2, -0.15) is 4.98 Å². The van der Waals surface area contributed by atoms with Crippen molar-refractivity contribution in [3.8, 4) is 0 Å². The van der Waals surface area contributed by atoms with Gasteiger partial charge in [-0.15, -0.1) is 5.10 Å². The first kappa shape index (κ1) is 29.8. The lowest BCUT2D eigenvalue weighted by Crippen LogP contribution is -2.46. The van der Waals surface area contributed by atoms with Crippen LogP contribution in [0.15, 0.2) is 42.0 Å². The van der Waals surface area contributed by atoms with Crippen molar-refractivity contribution in [1.29, 1.82) is 0 Å². The summed E-state index contributed by atoms with van der Waals surface area (Å²) in [7, 11) is 0. The van der Waals surface area contributed by atoms with Gasteiger partial charge < -0.3 is 26.0 Å². The monoisotopic (exact) mass is 489 g/mol. The maximum Gasteiger partial charge on any atom is 0.364 e. The number of aromatic nitrogens is 3. The Labute approximate surface area is 209 Å². The van der Waals surface area contributed by atoms with E-state index in [1.54, 1.807) is 6.92 Å². The molecule has 1 aromatic carbocycles. The Hall–Kier alpha value is -3.23. The second-order valence-electron chi connectivity index (χ2n) is 8.59. The minimum Gasteiger partial charge on any atom is -0.479 e. The molecule has 1 aliphatic heterocycles. The third-order valence-electron chi connectivity index (χ3n) is 5.64. The minimum atomic E-state index is -1.05. The Bertz CT molecular complexity index is 866. The summed E-state index contributed by atoms with van der Waals surface area (Å²) < 4.78 is 10.6. The maximum atomic E-state index is 11.6. The molecule has 1 aromatic heterocycles. The number of aliphatic hydroxyl groups excluding tert-OH is 1. The van der Waals surface area contributed by atoms with Gasteiger partial charge in [-0.25, -0.2) is 4.79 Å². The third kappa shape index (κ3) is 10.3. The van der Waals surface area contributed by atoms with E-state index in [4.69, 9.17) is 20.9 Å². The molecule has 2 heterocycles. The molecule has 1 fully saturated rings. The summed E-state index contributed by atoms with van der Waals surface area (Å²) >= 11 is 0. The number of aliphatic hydroxyl groups is 1. The fourth-order valence-corrected chi connectivity index (χ4v) is 3.24. The number of unbranched alkanes of at least 4 members (excludes halogenated alkanes) is 2. The summed E-state index contributed by atoms with van der Waals surface area (Å²) in [6, 6.07) is 10.2. The summed E-state index contributed by atoms with van der Waals surface area (Å²) in [5, 5.41) is 15.7. The lowest BCUT2D eigenvalue weighted by Gasteiger charge is -2.40. The van der Waals surface area contributed by atoms with Crippen LogP contribution in [0.4, 0.5) is 5.95 Å². The van der Waals surface area contributed by atoms with Crippen molar-refractivity contribution in [2.24, 2.45) is 5.73 Å². The molecule has 0 saturated heterocycles. The molecule has 4 rings (SSSR count). The molecule has 1 aliphatic carbocycles. The summed E-state index contributed by atoms with van der Waals surface area (Å²) in [6.07, 6.45) is 8.06. The number of hydrogen-bond donors (Lipinski definition) is 4. The molecule has 0 atom stereocenters. The highest BCUT2D eigenvalue weighted by molar-refractivity contribution is 5.88. The van der Waals surface area contributed by atoms with E-state index in [0.717, 1.165) is 18.7 Å². The molecule has 2 aliphatic rings. The van der Waals surface area contributed by atoms with Crippen molar-refractivity contribution >= 4 is 11.9 Å². The van der Waals surface area contributed by atoms with Gasteiger partial charge in [0.2, 0.25) is 5.95 Å². The average molecular weight is 490 g/mol. The van der Waals surface area contributed by atoms with Gasteiger partial charge in [0.05, 0.1) is 0 Å². The molecule has 1 saturated carbocycles. The Balaban J connectivity index is 0.000000334. The Morgan fingerprint density at radius 1 is 1.00 bits per heavy atom. The van der Waals surface area contributed by atoms with Crippen LogP contribution in [0.5, 0.6) is 0 Å². The lowest BCUT2D eigenvalue weighted by atomic mass is 9.81. The van der Waals surface area contributed by atoms with E-state index in [1.807, 2.05) is 18.2 Å². The molecule has 0 unspecified atom stereocenters. The van der Waals surface area contributed by atoms with Crippen molar-refractivity contribution in [2.75, 3.05) is 5.73 Å². The third-order valence-corrected chi connectivity index (χ3v) is 5.64. The minimum absolute atomic E-state index is 0.303. The molecular weight excluding hydrogens is 446 g/mol. The van der Waals surface area contributed by atoms with E-state index in [0.29, 0.717) is 24.7 Å². The number of aromatic amines is 1. The van der Waals surface area contributed by atoms with E-state index in [2.05, 4.69) is 55.0 Å². The quantitative estimate of drug-likeness (QED) is 0.406. The Kier molecular flexibility index (Phi) is 13.3. The molecule has 35 heavy (non-hydrogen) atoms. The predicted octanol–water partition coefficient (Wildman–Crippen LogP) is 5.61. The normalized spacial score (nSPS) is 20.7. The highest BCUT2D eigenvalue weighted by Crippen LogP contribution is 2.43. The first-order chi connectivity index (χ1) is 16.7. The second kappa shape index (κ2) is 15.6. The van der Waals surface area contributed by atoms with Gasteiger partial charge in [0.1, 0.15) is 5.82 Å². The number of nitrogens with two attached hydrogens (primary N) is 2. The van der Waals surface area contributed by atoms with Crippen LogP contribution in [0.3, 0.4) is 0 Å². The molecule has 0 amide bonds. The summed E-state index contributed by atoms with van der Waals surface area (Å²) in [4.78, 5) is 15.3. The zero-order valence-corrected chi connectivity index (χ0v) is 21.8. The molecule has 196 valence electrons. The van der Waals surface area contributed by atoms with Crippen molar-refractivity contribution in [2.45, 2.75) is 97.7 Å². The Morgan fingerprint density at radius 3 is 1.91 bits per heavy atom. The number of rotatable bonds is 3. The molecule has 0 radical (unpaired) electrons. The van der Waals surface area contributed by atoms with Gasteiger partial charge in [0.15, 0.2) is 5.70 Å². The van der Waals surface area contributed by atoms with E-state index in [1.165, 1.54) is 31.2 Å². The van der Waals surface area contributed by atoms with Crippen LogP contribution in [-0.2, 0) is 14.3 Å². The fourth-order valence-electron chi connectivity index (χ4n) is 3.24. The number of anilines is 1. The van der Waals surface area contributed by atoms with Crippen LogP contribution >= 0.6 is 0 Å². The highest BCUT2D eigenvalue weighted by atomic mass is 16.8. The van der Waals surface area contributed by atoms with Gasteiger partial charge >= 0.3 is 11.9 Å². The molecule has 9 nitrogen and oxygen atoms in total. The molecular formula is C26H43N5O4. The van der Waals surface area contributed by atoms with Gasteiger partial charge in [0.25, 0.3) is 5.79 Å². The maximum absolute atomic E-state index is 11.6. The van der Waals surface area contributed by atoms with Crippen LogP contribution in [0.1, 0.15) is 96.4 Å². The lowest BCUT2D eigenvalue weighted by molar-refractivity contribution is -0.251. The number of benzene rings is 1. The van der Waals surface area contributed by atoms with Crippen molar-refractivity contribution in [3.05, 3.63) is 53.4 Å². The van der Waals surface area contributed by atoms with Gasteiger partial charge in [-0.05, 0) is 31.2 Å². The number of hydrogen-bond acceptors (Lipinski definition) is 8. The van der Waals surface area contributed by atoms with Crippen LogP contribution in [0, 0.1) is 6.92 Å². The number of aryl methyl sites for hydroxylation is 1. The summed E-state index contributed by atoms with van der Waals surface area (Å²) in [5.74, 6) is -0.786. The smallest absolute Gasteiger partial charge is 0.364 e. The number of carbonyl (C=O) groups excluding carboxylic acids is 1. The number of nitrogens with one attached hydrogen (secondary N) is 1. The van der Waals surface area contributed by atoms with Gasteiger partial charge in [0, 0.05) is 12.8 Å². The SMILES string of the molecule is CCCC.CCCC.Cc1nc(N)n[nH]1.NC1=C(O)OC2(CCC(c3ccccc3)CC2)OC1=O. The van der Waals surface area contributed by atoms with Crippen molar-refractivity contribution in [1.82, 2.24) is 15.2 Å². The number of nitrogen functional groups attached to an aromatic ring is 1. The molecule has 0 bridgehead atoms. The van der Waals surface area contributed by atoms with Crippen LogP contribution < -0.4 is 11.5 Å². The zero-order chi connectivity index (χ0) is 26.3. The molecule has 6 N–H and O–H groups in total. The zero-order valence-electron chi connectivity index (χ0n) is 21.8. The topological polar surface area (TPSA) is 149 Å². The van der Waals surface area contributed by atoms with Crippen molar-refractivity contribution < 1.29 is 19.4 Å². The first-order valence-electron chi connectivity index (χ1n) is 12.5. The highest BCUT2D eigenvalue weighted by Gasteiger charge is 2.46. The van der Waals surface area contributed by atoms with Crippen LogP contribution in [0.2, 0.25) is 0 Å². The fraction of sp³-hybridized carbons (Fsp3) is 0.577. The predicted molar refractivity (Wildman–Crippen MR) is 138 cm³/mol. The standard InChI is InChI=1S/C15H17NO4.2C4H10.C3H6N4/c16-12-13(17)19-15(20-14(12)18)8-6-11(7-9-15)10-4-2-1-3-5-10;2*1-3-4-2;1-2-5-3(4)7-6-2/h1-5,11,17H,6-9,16H2;2*3-4H2,1-2H3;1H3,(H3,4,5,6,7). The van der Waals surface area contributed by atoms with E-state index in [-0.39, 0.29) is 5.70 Å². The number of ether oxygens (including phenoxy) is 2. The van der Waals surface area contributed by atoms with Crippen LogP contribution in [0.25, 0.3) is 0 Å². The first-order valence-corrected chi connectivity index (χ1v) is 12.5.